The van der Waals surface area contributed by atoms with Gasteiger partial charge in [-0.1, -0.05) is 12.1 Å². The molecule has 0 aliphatic rings. The van der Waals surface area contributed by atoms with E-state index in [0.717, 1.165) is 11.3 Å². The summed E-state index contributed by atoms with van der Waals surface area (Å²) in [5.74, 6) is -0.146. The summed E-state index contributed by atoms with van der Waals surface area (Å²) in [4.78, 5) is 16.2. The Hall–Kier alpha value is -2.36. The molecule has 4 heteroatoms. The summed E-state index contributed by atoms with van der Waals surface area (Å²) >= 11 is 0. The number of pyridine rings is 1. The lowest BCUT2D eigenvalue weighted by molar-refractivity contribution is 0.102. The van der Waals surface area contributed by atoms with Gasteiger partial charge in [0, 0.05) is 18.9 Å². The number of nitrogens with zero attached hydrogens (tertiary/aromatic N) is 1. The Kier molecular flexibility index (Phi) is 3.57. The van der Waals surface area contributed by atoms with Crippen molar-refractivity contribution in [2.45, 2.75) is 6.92 Å². The van der Waals surface area contributed by atoms with Crippen molar-refractivity contribution in [2.24, 2.45) is 0 Å². The Morgan fingerprint density at radius 3 is 2.72 bits per heavy atom. The van der Waals surface area contributed by atoms with Crippen LogP contribution < -0.4 is 10.6 Å². The number of benzene rings is 1. The molecule has 1 aromatic heterocycles. The maximum atomic E-state index is 12.1. The fraction of sp³-hybridized carbons (Fsp3) is 0.143. The van der Waals surface area contributed by atoms with Crippen LogP contribution in [-0.4, -0.2) is 17.9 Å². The summed E-state index contributed by atoms with van der Waals surface area (Å²) in [6.45, 7) is 1.93. The Morgan fingerprint density at radius 2 is 2.00 bits per heavy atom. The topological polar surface area (TPSA) is 54.0 Å². The zero-order valence-corrected chi connectivity index (χ0v) is 10.4. The number of para-hydroxylation sites is 1. The van der Waals surface area contributed by atoms with Gasteiger partial charge in [0.2, 0.25) is 0 Å². The van der Waals surface area contributed by atoms with Crippen molar-refractivity contribution < 1.29 is 4.79 Å². The molecular formula is C14H15N3O. The number of aryl methyl sites for hydroxylation is 1. The van der Waals surface area contributed by atoms with Gasteiger partial charge in [-0.05, 0) is 30.7 Å². The molecule has 0 fully saturated rings. The Labute approximate surface area is 106 Å². The molecule has 0 bridgehead atoms. The molecule has 0 spiro atoms. The smallest absolute Gasteiger partial charge is 0.257 e. The van der Waals surface area contributed by atoms with Crippen LogP contribution >= 0.6 is 0 Å². The molecule has 1 heterocycles. The second-order valence-electron chi connectivity index (χ2n) is 4.00. The molecule has 0 unspecified atom stereocenters. The second kappa shape index (κ2) is 5.31. The summed E-state index contributed by atoms with van der Waals surface area (Å²) in [6, 6.07) is 9.25. The minimum atomic E-state index is -0.146. The number of carbonyl (C=O) groups excluding carboxylic acids is 1. The van der Waals surface area contributed by atoms with Gasteiger partial charge in [0.1, 0.15) is 0 Å². The SMILES string of the molecule is CNc1ccccc1C(=O)Nc1cncc(C)c1. The third kappa shape index (κ3) is 2.66. The molecule has 0 atom stereocenters. The third-order valence-corrected chi connectivity index (χ3v) is 2.57. The normalized spacial score (nSPS) is 9.89. The Bertz CT molecular complexity index is 566. The number of anilines is 2. The van der Waals surface area contributed by atoms with Crippen molar-refractivity contribution in [1.29, 1.82) is 0 Å². The average Bonchev–Trinajstić information content (AvgIpc) is 2.38. The third-order valence-electron chi connectivity index (χ3n) is 2.57. The quantitative estimate of drug-likeness (QED) is 0.868. The standard InChI is InChI=1S/C14H15N3O/c1-10-7-11(9-16-8-10)17-14(18)12-5-3-4-6-13(12)15-2/h3-9,15H,1-2H3,(H,17,18). The summed E-state index contributed by atoms with van der Waals surface area (Å²) in [5, 5.41) is 5.83. The summed E-state index contributed by atoms with van der Waals surface area (Å²) in [5.41, 5.74) is 3.12. The fourth-order valence-corrected chi connectivity index (χ4v) is 1.72. The van der Waals surface area contributed by atoms with Crippen LogP contribution in [0.2, 0.25) is 0 Å². The summed E-state index contributed by atoms with van der Waals surface area (Å²) in [6.07, 6.45) is 3.38. The van der Waals surface area contributed by atoms with Crippen LogP contribution in [0.4, 0.5) is 11.4 Å². The van der Waals surface area contributed by atoms with E-state index >= 15 is 0 Å². The van der Waals surface area contributed by atoms with Gasteiger partial charge in [-0.3, -0.25) is 9.78 Å². The maximum absolute atomic E-state index is 12.1. The van der Waals surface area contributed by atoms with E-state index < -0.39 is 0 Å². The molecule has 1 amide bonds. The number of nitrogens with one attached hydrogen (secondary N) is 2. The van der Waals surface area contributed by atoms with Crippen LogP contribution in [0.5, 0.6) is 0 Å². The largest absolute Gasteiger partial charge is 0.387 e. The molecule has 2 N–H and O–H groups in total. The van der Waals surface area contributed by atoms with Crippen LogP contribution in [0, 0.1) is 6.92 Å². The van der Waals surface area contributed by atoms with E-state index in [4.69, 9.17) is 0 Å². The van der Waals surface area contributed by atoms with Gasteiger partial charge in [-0.15, -0.1) is 0 Å². The lowest BCUT2D eigenvalue weighted by atomic mass is 10.1. The predicted octanol–water partition coefficient (Wildman–Crippen LogP) is 2.68. The van der Waals surface area contributed by atoms with E-state index in [0.29, 0.717) is 11.3 Å². The predicted molar refractivity (Wildman–Crippen MR) is 72.9 cm³/mol. The van der Waals surface area contributed by atoms with Gasteiger partial charge in [-0.2, -0.15) is 0 Å². The molecule has 0 aliphatic heterocycles. The van der Waals surface area contributed by atoms with Gasteiger partial charge in [-0.25, -0.2) is 0 Å². The van der Waals surface area contributed by atoms with Gasteiger partial charge in [0.25, 0.3) is 5.91 Å². The van der Waals surface area contributed by atoms with E-state index in [1.807, 2.05) is 31.2 Å². The van der Waals surface area contributed by atoms with Gasteiger partial charge >= 0.3 is 0 Å². The first-order valence-electron chi connectivity index (χ1n) is 5.70. The number of aromatic nitrogens is 1. The Balaban J connectivity index is 2.22. The zero-order valence-electron chi connectivity index (χ0n) is 10.4. The monoisotopic (exact) mass is 241 g/mol. The highest BCUT2D eigenvalue weighted by Crippen LogP contribution is 2.16. The highest BCUT2D eigenvalue weighted by Gasteiger charge is 2.10. The molecule has 2 aromatic rings. The minimum Gasteiger partial charge on any atom is -0.387 e. The lowest BCUT2D eigenvalue weighted by Gasteiger charge is -2.09. The van der Waals surface area contributed by atoms with E-state index in [2.05, 4.69) is 15.6 Å². The first-order chi connectivity index (χ1) is 8.70. The lowest BCUT2D eigenvalue weighted by Crippen LogP contribution is -2.14. The summed E-state index contributed by atoms with van der Waals surface area (Å²) in [7, 11) is 1.79. The number of hydrogen-bond acceptors (Lipinski definition) is 3. The van der Waals surface area contributed by atoms with Crippen molar-refractivity contribution in [2.75, 3.05) is 17.7 Å². The maximum Gasteiger partial charge on any atom is 0.257 e. The average molecular weight is 241 g/mol. The van der Waals surface area contributed by atoms with Crippen LogP contribution in [0.15, 0.2) is 42.7 Å². The van der Waals surface area contributed by atoms with Gasteiger partial charge in [0.05, 0.1) is 17.4 Å². The number of rotatable bonds is 3. The Morgan fingerprint density at radius 1 is 1.22 bits per heavy atom. The minimum absolute atomic E-state index is 0.146. The number of carbonyl (C=O) groups is 1. The number of amides is 1. The molecule has 1 aromatic carbocycles. The fourth-order valence-electron chi connectivity index (χ4n) is 1.72. The van der Waals surface area contributed by atoms with E-state index in [9.17, 15) is 4.79 Å². The van der Waals surface area contributed by atoms with E-state index in [1.165, 1.54) is 0 Å². The van der Waals surface area contributed by atoms with Gasteiger partial charge < -0.3 is 10.6 Å². The molecule has 2 rings (SSSR count). The van der Waals surface area contributed by atoms with Crippen molar-refractivity contribution in [3.8, 4) is 0 Å². The summed E-state index contributed by atoms with van der Waals surface area (Å²) < 4.78 is 0. The molecule has 0 aliphatic carbocycles. The zero-order chi connectivity index (χ0) is 13.0. The molecule has 0 radical (unpaired) electrons. The van der Waals surface area contributed by atoms with Crippen molar-refractivity contribution >= 4 is 17.3 Å². The van der Waals surface area contributed by atoms with Crippen LogP contribution in [-0.2, 0) is 0 Å². The van der Waals surface area contributed by atoms with E-state index in [-0.39, 0.29) is 5.91 Å². The van der Waals surface area contributed by atoms with Crippen molar-refractivity contribution in [1.82, 2.24) is 4.98 Å². The van der Waals surface area contributed by atoms with E-state index in [1.54, 1.807) is 25.5 Å². The van der Waals surface area contributed by atoms with Crippen molar-refractivity contribution in [3.63, 3.8) is 0 Å². The highest BCUT2D eigenvalue weighted by molar-refractivity contribution is 6.07. The van der Waals surface area contributed by atoms with Crippen molar-refractivity contribution in [3.05, 3.63) is 53.9 Å². The molecular weight excluding hydrogens is 226 g/mol. The second-order valence-corrected chi connectivity index (χ2v) is 4.00. The first kappa shape index (κ1) is 12.1. The molecule has 92 valence electrons. The first-order valence-corrected chi connectivity index (χ1v) is 5.70. The molecule has 0 saturated heterocycles. The molecule has 0 saturated carbocycles. The number of hydrogen-bond donors (Lipinski definition) is 2. The van der Waals surface area contributed by atoms with Crippen LogP contribution in [0.1, 0.15) is 15.9 Å². The van der Waals surface area contributed by atoms with Crippen LogP contribution in [0.3, 0.4) is 0 Å². The highest BCUT2D eigenvalue weighted by atomic mass is 16.1. The molecule has 18 heavy (non-hydrogen) atoms. The molecule has 4 nitrogen and oxygen atoms in total. The van der Waals surface area contributed by atoms with Gasteiger partial charge in [0.15, 0.2) is 0 Å². The van der Waals surface area contributed by atoms with Crippen LogP contribution in [0.25, 0.3) is 0 Å².